The van der Waals surface area contributed by atoms with Crippen molar-refractivity contribution >= 4 is 5.97 Å². The Morgan fingerprint density at radius 2 is 2.25 bits per heavy atom. The van der Waals surface area contributed by atoms with Gasteiger partial charge < -0.3 is 9.84 Å². The zero-order chi connectivity index (χ0) is 14.9. The van der Waals surface area contributed by atoms with Crippen molar-refractivity contribution in [2.75, 3.05) is 13.2 Å². The number of aliphatic carboxylic acids is 1. The van der Waals surface area contributed by atoms with Gasteiger partial charge in [-0.3, -0.25) is 9.36 Å². The van der Waals surface area contributed by atoms with Crippen molar-refractivity contribution in [3.05, 3.63) is 27.4 Å². The fourth-order valence-electron chi connectivity index (χ4n) is 2.66. The van der Waals surface area contributed by atoms with E-state index in [1.54, 1.807) is 18.4 Å². The van der Waals surface area contributed by atoms with Crippen LogP contribution in [-0.4, -0.2) is 33.8 Å². The van der Waals surface area contributed by atoms with Crippen LogP contribution in [0.15, 0.2) is 4.79 Å². The average Bonchev–Trinajstić information content (AvgIpc) is 2.87. The van der Waals surface area contributed by atoms with Crippen LogP contribution in [0.2, 0.25) is 0 Å². The highest BCUT2D eigenvalue weighted by atomic mass is 16.5. The maximum Gasteiger partial charge on any atom is 0.348 e. The second kappa shape index (κ2) is 5.75. The van der Waals surface area contributed by atoms with E-state index in [0.717, 1.165) is 17.7 Å². The summed E-state index contributed by atoms with van der Waals surface area (Å²) in [6.45, 7) is 6.44. The molecule has 0 bridgehead atoms. The number of nitrogens with zero attached hydrogens (tertiary/aromatic N) is 2. The third-order valence-corrected chi connectivity index (χ3v) is 3.91. The van der Waals surface area contributed by atoms with E-state index >= 15 is 0 Å². The van der Waals surface area contributed by atoms with Crippen LogP contribution in [0.4, 0.5) is 0 Å². The van der Waals surface area contributed by atoms with E-state index in [1.165, 1.54) is 0 Å². The molecule has 0 radical (unpaired) electrons. The summed E-state index contributed by atoms with van der Waals surface area (Å²) in [4.78, 5) is 27.2. The van der Waals surface area contributed by atoms with Crippen LogP contribution in [0, 0.1) is 19.8 Å². The summed E-state index contributed by atoms with van der Waals surface area (Å²) in [7, 11) is 0. The molecule has 1 aromatic heterocycles. The van der Waals surface area contributed by atoms with Crippen molar-refractivity contribution in [2.24, 2.45) is 5.92 Å². The van der Waals surface area contributed by atoms with Crippen LogP contribution in [0.3, 0.4) is 0 Å². The second-order valence-electron chi connectivity index (χ2n) is 5.37. The first-order chi connectivity index (χ1) is 9.41. The van der Waals surface area contributed by atoms with Gasteiger partial charge in [0.05, 0.1) is 18.6 Å². The van der Waals surface area contributed by atoms with E-state index in [0.29, 0.717) is 25.3 Å². The van der Waals surface area contributed by atoms with Gasteiger partial charge in [0.2, 0.25) is 0 Å². The summed E-state index contributed by atoms with van der Waals surface area (Å²) in [6, 6.07) is 0.00878. The first-order valence-corrected chi connectivity index (χ1v) is 6.81. The molecular weight excluding hydrogens is 260 g/mol. The van der Waals surface area contributed by atoms with Crippen LogP contribution in [0.1, 0.15) is 36.3 Å². The molecule has 6 heteroatoms. The minimum atomic E-state index is -0.842. The third-order valence-electron chi connectivity index (χ3n) is 3.91. The lowest BCUT2D eigenvalue weighted by Gasteiger charge is -2.20. The number of hydrogen-bond donors (Lipinski definition) is 1. The first-order valence-electron chi connectivity index (χ1n) is 6.81. The quantitative estimate of drug-likeness (QED) is 0.892. The van der Waals surface area contributed by atoms with E-state index in [2.05, 4.69) is 4.98 Å². The molecule has 1 saturated heterocycles. The van der Waals surface area contributed by atoms with Crippen molar-refractivity contribution < 1.29 is 14.6 Å². The molecule has 1 aliphatic rings. The highest BCUT2D eigenvalue weighted by Crippen LogP contribution is 2.22. The van der Waals surface area contributed by atoms with Crippen LogP contribution in [0.5, 0.6) is 0 Å². The molecule has 2 heterocycles. The van der Waals surface area contributed by atoms with Gasteiger partial charge >= 0.3 is 11.7 Å². The minimum Gasteiger partial charge on any atom is -0.481 e. The van der Waals surface area contributed by atoms with Gasteiger partial charge in [0.25, 0.3) is 0 Å². The molecule has 0 aliphatic carbocycles. The fraction of sp³-hybridized carbons (Fsp3) is 0.643. The number of carboxylic acids is 1. The number of rotatable bonds is 4. The average molecular weight is 280 g/mol. The minimum absolute atomic E-state index is 0.00878. The SMILES string of the molecule is Cc1nc(=O)n(C2CCOC2)c(C)c1CC(C)C(=O)O. The molecule has 2 unspecified atom stereocenters. The summed E-state index contributed by atoms with van der Waals surface area (Å²) in [5.74, 6) is -1.34. The molecule has 0 aromatic carbocycles. The summed E-state index contributed by atoms with van der Waals surface area (Å²) in [6.07, 6.45) is 1.17. The number of carbonyl (C=O) groups is 1. The maximum absolute atomic E-state index is 12.1. The Morgan fingerprint density at radius 1 is 1.55 bits per heavy atom. The largest absolute Gasteiger partial charge is 0.481 e. The van der Waals surface area contributed by atoms with E-state index in [1.807, 2.05) is 6.92 Å². The summed E-state index contributed by atoms with van der Waals surface area (Å²) < 4.78 is 6.99. The third kappa shape index (κ3) is 2.75. The molecule has 0 spiro atoms. The van der Waals surface area contributed by atoms with Gasteiger partial charge in [0, 0.05) is 18.0 Å². The monoisotopic (exact) mass is 280 g/mol. The Bertz CT molecular complexity index is 573. The van der Waals surface area contributed by atoms with Gasteiger partial charge in [-0.15, -0.1) is 0 Å². The van der Waals surface area contributed by atoms with Gasteiger partial charge in [-0.25, -0.2) is 4.79 Å². The van der Waals surface area contributed by atoms with E-state index in [-0.39, 0.29) is 11.7 Å². The van der Waals surface area contributed by atoms with Gasteiger partial charge in [-0.2, -0.15) is 4.98 Å². The Kier molecular flexibility index (Phi) is 4.23. The molecular formula is C14H20N2O4. The summed E-state index contributed by atoms with van der Waals surface area (Å²) in [5, 5.41) is 9.05. The zero-order valence-electron chi connectivity index (χ0n) is 12.0. The van der Waals surface area contributed by atoms with E-state index < -0.39 is 11.9 Å². The van der Waals surface area contributed by atoms with Crippen molar-refractivity contribution in [1.82, 2.24) is 9.55 Å². The first kappa shape index (κ1) is 14.7. The molecule has 0 amide bonds. The van der Waals surface area contributed by atoms with E-state index in [4.69, 9.17) is 9.84 Å². The molecule has 20 heavy (non-hydrogen) atoms. The standard InChI is InChI=1S/C14H20N2O4/c1-8(13(17)18)6-12-9(2)15-14(19)16(10(12)3)11-4-5-20-7-11/h8,11H,4-7H2,1-3H3,(H,17,18). The molecule has 1 fully saturated rings. The van der Waals surface area contributed by atoms with Crippen molar-refractivity contribution in [3.8, 4) is 0 Å². The predicted molar refractivity (Wildman–Crippen MR) is 72.9 cm³/mol. The normalized spacial score (nSPS) is 20.1. The lowest BCUT2D eigenvalue weighted by molar-refractivity contribution is -0.141. The highest BCUT2D eigenvalue weighted by molar-refractivity contribution is 5.70. The molecule has 6 nitrogen and oxygen atoms in total. The zero-order valence-corrected chi connectivity index (χ0v) is 12.0. The van der Waals surface area contributed by atoms with Gasteiger partial charge in [0.15, 0.2) is 0 Å². The number of ether oxygens (including phenoxy) is 1. The molecule has 1 aliphatic heterocycles. The molecule has 2 rings (SSSR count). The van der Waals surface area contributed by atoms with Gasteiger partial charge in [-0.05, 0) is 32.3 Å². The summed E-state index contributed by atoms with van der Waals surface area (Å²) in [5.41, 5.74) is 2.01. The lowest BCUT2D eigenvalue weighted by Crippen LogP contribution is -2.32. The predicted octanol–water partition coefficient (Wildman–Crippen LogP) is 1.08. The number of aromatic nitrogens is 2. The Labute approximate surface area is 117 Å². The van der Waals surface area contributed by atoms with Crippen molar-refractivity contribution in [2.45, 2.75) is 39.7 Å². The highest BCUT2D eigenvalue weighted by Gasteiger charge is 2.24. The molecule has 0 saturated carbocycles. The topological polar surface area (TPSA) is 81.4 Å². The van der Waals surface area contributed by atoms with Crippen LogP contribution in [0.25, 0.3) is 0 Å². The number of aryl methyl sites for hydroxylation is 1. The number of carboxylic acid groups (broad SMARTS) is 1. The lowest BCUT2D eigenvalue weighted by atomic mass is 9.98. The summed E-state index contributed by atoms with van der Waals surface area (Å²) >= 11 is 0. The van der Waals surface area contributed by atoms with Gasteiger partial charge in [-0.1, -0.05) is 6.92 Å². The van der Waals surface area contributed by atoms with Crippen molar-refractivity contribution in [3.63, 3.8) is 0 Å². The smallest absolute Gasteiger partial charge is 0.348 e. The Morgan fingerprint density at radius 3 is 2.80 bits per heavy atom. The Balaban J connectivity index is 2.44. The Hall–Kier alpha value is -1.69. The fourth-order valence-corrected chi connectivity index (χ4v) is 2.66. The second-order valence-corrected chi connectivity index (χ2v) is 5.37. The molecule has 1 aromatic rings. The number of hydrogen-bond acceptors (Lipinski definition) is 4. The molecule has 1 N–H and O–H groups in total. The van der Waals surface area contributed by atoms with Crippen LogP contribution < -0.4 is 5.69 Å². The molecule has 2 atom stereocenters. The van der Waals surface area contributed by atoms with Crippen LogP contribution >= 0.6 is 0 Å². The maximum atomic E-state index is 12.1. The van der Waals surface area contributed by atoms with Crippen molar-refractivity contribution in [1.29, 1.82) is 0 Å². The molecule has 110 valence electrons. The van der Waals surface area contributed by atoms with Crippen LogP contribution in [-0.2, 0) is 16.0 Å². The van der Waals surface area contributed by atoms with E-state index in [9.17, 15) is 9.59 Å². The van der Waals surface area contributed by atoms with Gasteiger partial charge in [0.1, 0.15) is 0 Å².